The van der Waals surface area contributed by atoms with Gasteiger partial charge in [-0.1, -0.05) is 11.6 Å². The summed E-state index contributed by atoms with van der Waals surface area (Å²) in [6, 6.07) is 8.41. The molecule has 0 aliphatic carbocycles. The van der Waals surface area contributed by atoms with Crippen molar-refractivity contribution >= 4 is 34.9 Å². The quantitative estimate of drug-likeness (QED) is 0.809. The van der Waals surface area contributed by atoms with Crippen LogP contribution in [0, 0.1) is 13.8 Å². The minimum Gasteiger partial charge on any atom is -0.346 e. The van der Waals surface area contributed by atoms with Crippen LogP contribution < -0.4 is 4.90 Å². The van der Waals surface area contributed by atoms with Gasteiger partial charge in [-0.3, -0.25) is 4.79 Å². The number of halogens is 1. The number of carbonyl (C=O) groups is 2. The van der Waals surface area contributed by atoms with Gasteiger partial charge in [-0.05, 0) is 63.6 Å². The molecule has 0 spiro atoms. The van der Waals surface area contributed by atoms with E-state index in [4.69, 9.17) is 11.6 Å². The molecule has 0 bridgehead atoms. The zero-order valence-electron chi connectivity index (χ0n) is 14.7. The molecule has 1 aliphatic heterocycles. The van der Waals surface area contributed by atoms with Crippen LogP contribution in [0.5, 0.6) is 0 Å². The van der Waals surface area contributed by atoms with Crippen molar-refractivity contribution in [2.45, 2.75) is 40.2 Å². The van der Waals surface area contributed by atoms with E-state index in [9.17, 15) is 9.59 Å². The van der Waals surface area contributed by atoms with Crippen molar-refractivity contribution in [3.05, 3.63) is 52.3 Å². The van der Waals surface area contributed by atoms with Gasteiger partial charge in [-0.2, -0.15) is 4.99 Å². The number of benzene rings is 1. The van der Waals surface area contributed by atoms with Crippen LogP contribution in [-0.2, 0) is 11.2 Å². The molecule has 0 radical (unpaired) electrons. The number of urea groups is 1. The van der Waals surface area contributed by atoms with Crippen molar-refractivity contribution in [3.63, 3.8) is 0 Å². The van der Waals surface area contributed by atoms with E-state index in [0.29, 0.717) is 23.2 Å². The van der Waals surface area contributed by atoms with Gasteiger partial charge in [-0.25, -0.2) is 9.69 Å². The Kier molecular flexibility index (Phi) is 4.52. The zero-order valence-corrected chi connectivity index (χ0v) is 15.5. The molecule has 5 nitrogen and oxygen atoms in total. The van der Waals surface area contributed by atoms with Crippen LogP contribution in [0.25, 0.3) is 0 Å². The Morgan fingerprint density at radius 3 is 2.32 bits per heavy atom. The topological polar surface area (TPSA) is 54.7 Å². The summed E-state index contributed by atoms with van der Waals surface area (Å²) in [7, 11) is 0. The maximum atomic E-state index is 12.7. The summed E-state index contributed by atoms with van der Waals surface area (Å²) < 4.78 is 2.22. The molecule has 1 aromatic heterocycles. The largest absolute Gasteiger partial charge is 0.355 e. The minimum absolute atomic E-state index is 0.268. The van der Waals surface area contributed by atoms with Crippen LogP contribution in [0.4, 0.5) is 10.5 Å². The number of aliphatic imine (C=N–C) groups is 1. The number of hydrogen-bond acceptors (Lipinski definition) is 2. The fourth-order valence-corrected chi connectivity index (χ4v) is 3.49. The normalized spacial score (nSPS) is 14.6. The summed E-state index contributed by atoms with van der Waals surface area (Å²) >= 11 is 5.87. The van der Waals surface area contributed by atoms with Gasteiger partial charge in [0.1, 0.15) is 5.71 Å². The number of rotatable bonds is 4. The highest BCUT2D eigenvalue weighted by Gasteiger charge is 2.34. The highest BCUT2D eigenvalue weighted by atomic mass is 35.5. The second-order valence-electron chi connectivity index (χ2n) is 6.49. The number of anilines is 1. The van der Waals surface area contributed by atoms with E-state index in [2.05, 4.69) is 29.5 Å². The number of imide groups is 1. The third-order valence-electron chi connectivity index (χ3n) is 4.42. The Hall–Kier alpha value is -2.40. The molecule has 2 aromatic rings. The van der Waals surface area contributed by atoms with Crippen molar-refractivity contribution in [1.82, 2.24) is 4.57 Å². The van der Waals surface area contributed by atoms with Gasteiger partial charge in [0.15, 0.2) is 0 Å². The molecule has 2 heterocycles. The molecular formula is C19H20ClN3O2. The van der Waals surface area contributed by atoms with E-state index < -0.39 is 6.03 Å². The molecule has 0 N–H and O–H groups in total. The molecule has 6 heteroatoms. The van der Waals surface area contributed by atoms with Gasteiger partial charge >= 0.3 is 6.03 Å². The zero-order chi connectivity index (χ0) is 18.3. The summed E-state index contributed by atoms with van der Waals surface area (Å²) in [6.07, 6.45) is 0.348. The molecule has 0 unspecified atom stereocenters. The second kappa shape index (κ2) is 6.48. The molecule has 0 fully saturated rings. The number of nitrogens with zero attached hydrogens (tertiary/aromatic N) is 3. The summed E-state index contributed by atoms with van der Waals surface area (Å²) in [4.78, 5) is 30.0. The third kappa shape index (κ3) is 3.12. The first-order valence-corrected chi connectivity index (χ1v) is 8.56. The standard InChI is InChI=1S/C19H20ClN3O2/c1-11(2)22-12(3)9-14(13(22)4)10-17-18(24)23(19(25)21-17)16-7-5-15(20)6-8-16/h5-9,11H,10H2,1-4H3. The maximum absolute atomic E-state index is 12.7. The van der Waals surface area contributed by atoms with E-state index in [1.54, 1.807) is 24.3 Å². The van der Waals surface area contributed by atoms with Crippen LogP contribution in [-0.4, -0.2) is 22.2 Å². The lowest BCUT2D eigenvalue weighted by Gasteiger charge is -2.14. The monoisotopic (exact) mass is 357 g/mol. The first-order chi connectivity index (χ1) is 11.8. The lowest BCUT2D eigenvalue weighted by atomic mass is 10.1. The molecule has 3 amide bonds. The lowest BCUT2D eigenvalue weighted by Crippen LogP contribution is -2.33. The lowest BCUT2D eigenvalue weighted by molar-refractivity contribution is -0.111. The Bertz CT molecular complexity index is 879. The van der Waals surface area contributed by atoms with E-state index in [1.165, 1.54) is 0 Å². The number of hydrogen-bond donors (Lipinski definition) is 0. The number of aryl methyl sites for hydroxylation is 1. The summed E-state index contributed by atoms with van der Waals surface area (Å²) in [5.74, 6) is -0.373. The van der Waals surface area contributed by atoms with Gasteiger partial charge in [0.05, 0.1) is 5.69 Å². The average Bonchev–Trinajstić information content (AvgIpc) is 2.97. The molecule has 3 rings (SSSR count). The average molecular weight is 358 g/mol. The Labute approximate surface area is 151 Å². The van der Waals surface area contributed by atoms with Crippen LogP contribution in [0.1, 0.15) is 36.8 Å². The first kappa shape index (κ1) is 17.4. The molecule has 0 atom stereocenters. The first-order valence-electron chi connectivity index (χ1n) is 8.18. The molecule has 25 heavy (non-hydrogen) atoms. The summed E-state index contributed by atoms with van der Waals surface area (Å²) in [5, 5.41) is 0.546. The van der Waals surface area contributed by atoms with E-state index >= 15 is 0 Å². The predicted octanol–water partition coefficient (Wildman–Crippen LogP) is 4.49. The fraction of sp³-hybridized carbons (Fsp3) is 0.316. The summed E-state index contributed by atoms with van der Waals surface area (Å²) in [6.45, 7) is 8.31. The molecule has 1 aromatic carbocycles. The van der Waals surface area contributed by atoms with E-state index in [1.807, 2.05) is 13.8 Å². The number of aromatic nitrogens is 1. The smallest absolute Gasteiger partial charge is 0.346 e. The molecule has 130 valence electrons. The molecular weight excluding hydrogens is 338 g/mol. The predicted molar refractivity (Wildman–Crippen MR) is 99.8 cm³/mol. The van der Waals surface area contributed by atoms with Gasteiger partial charge in [-0.15, -0.1) is 0 Å². The fourth-order valence-electron chi connectivity index (χ4n) is 3.36. The second-order valence-corrected chi connectivity index (χ2v) is 6.93. The van der Waals surface area contributed by atoms with Crippen LogP contribution in [0.2, 0.25) is 5.02 Å². The molecule has 0 saturated heterocycles. The maximum Gasteiger partial charge on any atom is 0.355 e. The Morgan fingerprint density at radius 2 is 1.76 bits per heavy atom. The number of carbonyl (C=O) groups excluding carboxylic acids is 2. The highest BCUT2D eigenvalue weighted by Crippen LogP contribution is 2.25. The van der Waals surface area contributed by atoms with Crippen molar-refractivity contribution in [2.75, 3.05) is 4.90 Å². The van der Waals surface area contributed by atoms with Gasteiger partial charge in [0, 0.05) is 28.9 Å². The van der Waals surface area contributed by atoms with Crippen LogP contribution in [0.3, 0.4) is 0 Å². The van der Waals surface area contributed by atoms with Crippen molar-refractivity contribution in [1.29, 1.82) is 0 Å². The third-order valence-corrected chi connectivity index (χ3v) is 4.67. The van der Waals surface area contributed by atoms with Gasteiger partial charge in [0.25, 0.3) is 5.91 Å². The molecule has 1 aliphatic rings. The summed E-state index contributed by atoms with van der Waals surface area (Å²) in [5.41, 5.74) is 3.99. The van der Waals surface area contributed by atoms with Crippen LogP contribution in [0.15, 0.2) is 35.3 Å². The van der Waals surface area contributed by atoms with E-state index in [0.717, 1.165) is 21.9 Å². The van der Waals surface area contributed by atoms with Gasteiger partial charge < -0.3 is 4.57 Å². The van der Waals surface area contributed by atoms with Gasteiger partial charge in [0.2, 0.25) is 0 Å². The van der Waals surface area contributed by atoms with Crippen molar-refractivity contribution in [3.8, 4) is 0 Å². The Balaban J connectivity index is 1.87. The molecule has 0 saturated carbocycles. The SMILES string of the molecule is Cc1cc(CC2=NC(=O)N(c3ccc(Cl)cc3)C2=O)c(C)n1C(C)C. The minimum atomic E-state index is -0.556. The van der Waals surface area contributed by atoms with E-state index in [-0.39, 0.29) is 11.6 Å². The number of amides is 3. The van der Waals surface area contributed by atoms with Crippen molar-refractivity contribution < 1.29 is 9.59 Å². The highest BCUT2D eigenvalue weighted by molar-refractivity contribution is 6.54. The van der Waals surface area contributed by atoms with Crippen molar-refractivity contribution in [2.24, 2.45) is 4.99 Å². The Morgan fingerprint density at radius 1 is 1.12 bits per heavy atom. The van der Waals surface area contributed by atoms with Crippen LogP contribution >= 0.6 is 11.6 Å².